The third kappa shape index (κ3) is 2.74. The number of nitrogens with one attached hydrogen (secondary N) is 3. The van der Waals surface area contributed by atoms with Gasteiger partial charge in [-0.15, -0.1) is 0 Å². The molecule has 2 saturated carbocycles. The van der Waals surface area contributed by atoms with Crippen molar-refractivity contribution in [3.63, 3.8) is 0 Å². The lowest BCUT2D eigenvalue weighted by Crippen LogP contribution is -2.70. The third-order valence-electron chi connectivity index (χ3n) is 5.20. The maximum Gasteiger partial charge on any atom is 0.255 e. The second kappa shape index (κ2) is 5.53. The highest BCUT2D eigenvalue weighted by molar-refractivity contribution is 7.88. The number of hydrogen-bond donors (Lipinski definition) is 3. The van der Waals surface area contributed by atoms with Crippen LogP contribution in [0.5, 0.6) is 0 Å². The van der Waals surface area contributed by atoms with Gasteiger partial charge in [-0.3, -0.25) is 9.89 Å². The summed E-state index contributed by atoms with van der Waals surface area (Å²) in [7, 11) is -3.36. The monoisotopic (exact) mass is 354 g/mol. The molecule has 1 aromatic heterocycles. The molecule has 24 heavy (non-hydrogen) atoms. The number of aryl methyl sites for hydroxylation is 1. The molecule has 1 aromatic rings. The van der Waals surface area contributed by atoms with Crippen LogP contribution in [-0.2, 0) is 14.8 Å². The van der Waals surface area contributed by atoms with Crippen molar-refractivity contribution in [2.24, 2.45) is 5.92 Å². The van der Waals surface area contributed by atoms with E-state index in [0.29, 0.717) is 18.1 Å². The zero-order chi connectivity index (χ0) is 17.1. The Balaban J connectivity index is 1.53. The number of carbonyl (C=O) groups is 1. The van der Waals surface area contributed by atoms with Gasteiger partial charge in [0.1, 0.15) is 0 Å². The first-order valence-corrected chi connectivity index (χ1v) is 10.2. The molecule has 0 bridgehead atoms. The maximum atomic E-state index is 12.8. The lowest BCUT2D eigenvalue weighted by molar-refractivity contribution is -0.0194. The van der Waals surface area contributed by atoms with Crippen LogP contribution < -0.4 is 10.0 Å². The smallest absolute Gasteiger partial charge is 0.255 e. The Morgan fingerprint density at radius 3 is 2.71 bits per heavy atom. The molecule has 3 aliphatic rings. The van der Waals surface area contributed by atoms with Gasteiger partial charge in [0.25, 0.3) is 5.91 Å². The van der Waals surface area contributed by atoms with Crippen LogP contribution >= 0.6 is 0 Å². The van der Waals surface area contributed by atoms with Gasteiger partial charge >= 0.3 is 0 Å². The fraction of sp³-hybridized carbons (Fsp3) is 0.733. The Bertz CT molecular complexity index is 770. The zero-order valence-corrected chi connectivity index (χ0v) is 14.5. The van der Waals surface area contributed by atoms with Gasteiger partial charge in [-0.1, -0.05) is 0 Å². The SMILES string of the molecule is Cc1[nH]nc(C2CC2)c1C(=O)N[C@H]1[C@H]2CCO[C@H]2[C@@H]1NS(C)(=O)=O. The van der Waals surface area contributed by atoms with Crippen LogP contribution in [0.4, 0.5) is 0 Å². The van der Waals surface area contributed by atoms with Gasteiger partial charge in [0.2, 0.25) is 10.0 Å². The molecule has 2 aliphatic carbocycles. The average molecular weight is 354 g/mol. The second-order valence-electron chi connectivity index (χ2n) is 7.09. The molecular formula is C15H22N4O4S. The molecule has 132 valence electrons. The molecule has 1 saturated heterocycles. The van der Waals surface area contributed by atoms with E-state index in [1.165, 1.54) is 0 Å². The first kappa shape index (κ1) is 16.0. The van der Waals surface area contributed by atoms with E-state index in [-0.39, 0.29) is 24.0 Å². The van der Waals surface area contributed by atoms with Crippen molar-refractivity contribution in [2.45, 2.75) is 50.3 Å². The fourth-order valence-corrected chi connectivity index (χ4v) is 4.68. The fourth-order valence-electron chi connectivity index (χ4n) is 3.90. The standard InChI is InChI=1S/C15H22N4O4S/c1-7-10(11(18-17-7)8-3-4-8)15(20)16-12-9-5-6-23-14(9)13(12)19-24(2,21)22/h8-9,12-14,19H,3-6H2,1-2H3,(H,16,20)(H,17,18)/t9-,12+,13-,14-/m1/s1. The van der Waals surface area contributed by atoms with E-state index in [1.807, 2.05) is 6.92 Å². The van der Waals surface area contributed by atoms with Crippen molar-refractivity contribution < 1.29 is 17.9 Å². The zero-order valence-electron chi connectivity index (χ0n) is 13.7. The van der Waals surface area contributed by atoms with E-state index >= 15 is 0 Å². The minimum absolute atomic E-state index is 0.154. The van der Waals surface area contributed by atoms with Crippen LogP contribution in [0.2, 0.25) is 0 Å². The van der Waals surface area contributed by atoms with Crippen LogP contribution in [0.1, 0.15) is 46.9 Å². The molecule has 0 spiro atoms. The summed E-state index contributed by atoms with van der Waals surface area (Å²) < 4.78 is 31.4. The molecule has 3 N–H and O–H groups in total. The van der Waals surface area contributed by atoms with Gasteiger partial charge in [-0.05, 0) is 26.2 Å². The Kier molecular flexibility index (Phi) is 3.70. The molecule has 3 fully saturated rings. The van der Waals surface area contributed by atoms with E-state index in [1.54, 1.807) is 0 Å². The predicted octanol–water partition coefficient (Wildman–Crippen LogP) is 0.0304. The van der Waals surface area contributed by atoms with Gasteiger partial charge in [0.15, 0.2) is 0 Å². The summed E-state index contributed by atoms with van der Waals surface area (Å²) in [6.07, 6.45) is 3.92. The molecule has 1 aliphatic heterocycles. The second-order valence-corrected chi connectivity index (χ2v) is 8.87. The number of aromatic nitrogens is 2. The number of aromatic amines is 1. The number of carbonyl (C=O) groups excluding carboxylic acids is 1. The number of nitrogens with zero attached hydrogens (tertiary/aromatic N) is 1. The molecule has 1 amide bonds. The quantitative estimate of drug-likeness (QED) is 0.690. The van der Waals surface area contributed by atoms with Crippen molar-refractivity contribution in [3.05, 3.63) is 17.0 Å². The molecule has 0 radical (unpaired) electrons. The summed E-state index contributed by atoms with van der Waals surface area (Å²) in [4.78, 5) is 12.8. The molecular weight excluding hydrogens is 332 g/mol. The van der Waals surface area contributed by atoms with Crippen LogP contribution in [0.3, 0.4) is 0 Å². The van der Waals surface area contributed by atoms with Gasteiger partial charge in [-0.25, -0.2) is 13.1 Å². The molecule has 2 heterocycles. The average Bonchev–Trinajstić information content (AvgIpc) is 3.13. The van der Waals surface area contributed by atoms with Crippen LogP contribution in [0, 0.1) is 12.8 Å². The van der Waals surface area contributed by atoms with Crippen molar-refractivity contribution in [1.29, 1.82) is 0 Å². The topological polar surface area (TPSA) is 113 Å². The summed E-state index contributed by atoms with van der Waals surface area (Å²) in [5.41, 5.74) is 2.19. The number of H-pyrrole nitrogens is 1. The number of hydrogen-bond acceptors (Lipinski definition) is 5. The Morgan fingerprint density at radius 1 is 1.29 bits per heavy atom. The summed E-state index contributed by atoms with van der Waals surface area (Å²) in [6.45, 7) is 2.43. The maximum absolute atomic E-state index is 12.8. The Hall–Kier alpha value is -1.45. The van der Waals surface area contributed by atoms with Gasteiger partial charge in [-0.2, -0.15) is 5.10 Å². The van der Waals surface area contributed by atoms with Crippen molar-refractivity contribution in [2.75, 3.05) is 12.9 Å². The van der Waals surface area contributed by atoms with E-state index in [4.69, 9.17) is 4.74 Å². The summed E-state index contributed by atoms with van der Waals surface area (Å²) in [5, 5.41) is 10.2. The molecule has 0 aromatic carbocycles. The minimum Gasteiger partial charge on any atom is -0.376 e. The minimum atomic E-state index is -3.36. The first-order chi connectivity index (χ1) is 11.3. The number of rotatable bonds is 5. The lowest BCUT2D eigenvalue weighted by atomic mass is 9.72. The van der Waals surface area contributed by atoms with Crippen molar-refractivity contribution in [3.8, 4) is 0 Å². The van der Waals surface area contributed by atoms with E-state index in [0.717, 1.165) is 36.9 Å². The van der Waals surface area contributed by atoms with Gasteiger partial charge in [0.05, 0.1) is 35.7 Å². The normalized spacial score (nSPS) is 32.2. The number of amides is 1. The highest BCUT2D eigenvalue weighted by Gasteiger charge is 2.55. The van der Waals surface area contributed by atoms with E-state index in [2.05, 4.69) is 20.2 Å². The molecule has 4 atom stereocenters. The van der Waals surface area contributed by atoms with Crippen LogP contribution in [0.25, 0.3) is 0 Å². The Labute approximate surface area is 140 Å². The highest BCUT2D eigenvalue weighted by atomic mass is 32.2. The van der Waals surface area contributed by atoms with Crippen molar-refractivity contribution in [1.82, 2.24) is 20.2 Å². The highest BCUT2D eigenvalue weighted by Crippen LogP contribution is 2.42. The summed E-state index contributed by atoms with van der Waals surface area (Å²) in [6, 6.07) is -0.658. The Morgan fingerprint density at radius 2 is 2.04 bits per heavy atom. The van der Waals surface area contributed by atoms with Crippen molar-refractivity contribution >= 4 is 15.9 Å². The first-order valence-electron chi connectivity index (χ1n) is 8.30. The lowest BCUT2D eigenvalue weighted by Gasteiger charge is -2.47. The number of sulfonamides is 1. The van der Waals surface area contributed by atoms with E-state index in [9.17, 15) is 13.2 Å². The van der Waals surface area contributed by atoms with Crippen LogP contribution in [-0.4, -0.2) is 55.6 Å². The number of fused-ring (bicyclic) bond motifs is 1. The predicted molar refractivity (Wildman–Crippen MR) is 86.2 cm³/mol. The molecule has 0 unspecified atom stereocenters. The van der Waals surface area contributed by atoms with Crippen LogP contribution in [0.15, 0.2) is 0 Å². The molecule has 8 nitrogen and oxygen atoms in total. The summed E-state index contributed by atoms with van der Waals surface area (Å²) in [5.74, 6) is 0.341. The largest absolute Gasteiger partial charge is 0.376 e. The van der Waals surface area contributed by atoms with Gasteiger partial charge < -0.3 is 10.1 Å². The molecule has 9 heteroatoms. The van der Waals surface area contributed by atoms with E-state index < -0.39 is 16.1 Å². The third-order valence-corrected chi connectivity index (χ3v) is 5.90. The summed E-state index contributed by atoms with van der Waals surface area (Å²) >= 11 is 0. The van der Waals surface area contributed by atoms with Gasteiger partial charge in [0, 0.05) is 24.1 Å². The molecule has 4 rings (SSSR count). The number of ether oxygens (including phenoxy) is 1.